The molecule has 0 radical (unpaired) electrons. The summed E-state index contributed by atoms with van der Waals surface area (Å²) in [4.78, 5) is 18.7. The highest BCUT2D eigenvalue weighted by Gasteiger charge is 2.26. The molecule has 150 valence electrons. The van der Waals surface area contributed by atoms with E-state index < -0.39 is 0 Å². The third kappa shape index (κ3) is 4.83. The monoisotopic (exact) mass is 398 g/mol. The fourth-order valence-corrected chi connectivity index (χ4v) is 3.39. The number of hydrogen-bond acceptors (Lipinski definition) is 5. The van der Waals surface area contributed by atoms with Crippen molar-refractivity contribution in [3.05, 3.63) is 66.1 Å². The number of carbonyl (C=O) groups excluding carboxylic acids is 1. The van der Waals surface area contributed by atoms with E-state index in [2.05, 4.69) is 20.4 Å². The van der Waals surface area contributed by atoms with Crippen LogP contribution < -0.4 is 5.32 Å². The zero-order chi connectivity index (χ0) is 20.2. The van der Waals surface area contributed by atoms with E-state index in [1.165, 1.54) is 36.4 Å². The van der Waals surface area contributed by atoms with Crippen LogP contribution in [0.4, 0.5) is 14.5 Å². The SMILES string of the molecule is O=C(CN1CCC(c2nc(-c3ccc(F)cc3)no2)CC1)Nc1ccc(F)cc1. The maximum atomic E-state index is 13.1. The Bertz CT molecular complexity index is 965. The van der Waals surface area contributed by atoms with Crippen LogP contribution in [0, 0.1) is 11.6 Å². The number of likely N-dealkylation sites (tertiary alicyclic amines) is 1. The normalized spacial score (nSPS) is 15.4. The molecule has 2 aromatic carbocycles. The highest BCUT2D eigenvalue weighted by atomic mass is 19.1. The zero-order valence-electron chi connectivity index (χ0n) is 15.6. The van der Waals surface area contributed by atoms with Crippen molar-refractivity contribution < 1.29 is 18.1 Å². The van der Waals surface area contributed by atoms with Crippen LogP contribution in [0.15, 0.2) is 53.1 Å². The zero-order valence-corrected chi connectivity index (χ0v) is 15.6. The predicted octanol–water partition coefficient (Wildman–Crippen LogP) is 3.83. The second-order valence-electron chi connectivity index (χ2n) is 7.07. The van der Waals surface area contributed by atoms with Gasteiger partial charge < -0.3 is 9.84 Å². The molecule has 1 aliphatic heterocycles. The van der Waals surface area contributed by atoms with Crippen molar-refractivity contribution in [1.29, 1.82) is 0 Å². The van der Waals surface area contributed by atoms with E-state index >= 15 is 0 Å². The van der Waals surface area contributed by atoms with E-state index in [0.717, 1.165) is 25.9 Å². The van der Waals surface area contributed by atoms with Gasteiger partial charge in [0.2, 0.25) is 17.6 Å². The number of anilines is 1. The molecule has 3 aromatic rings. The van der Waals surface area contributed by atoms with Crippen LogP contribution in [0.3, 0.4) is 0 Å². The summed E-state index contributed by atoms with van der Waals surface area (Å²) in [6.45, 7) is 1.74. The molecule has 1 N–H and O–H groups in total. The molecule has 0 unspecified atom stereocenters. The molecule has 29 heavy (non-hydrogen) atoms. The molecule has 0 saturated carbocycles. The number of hydrogen-bond donors (Lipinski definition) is 1. The second-order valence-corrected chi connectivity index (χ2v) is 7.07. The van der Waals surface area contributed by atoms with Gasteiger partial charge in [-0.25, -0.2) is 8.78 Å². The average Bonchev–Trinajstić information content (AvgIpc) is 3.21. The molecule has 1 aromatic heterocycles. The highest BCUT2D eigenvalue weighted by molar-refractivity contribution is 5.92. The van der Waals surface area contributed by atoms with Gasteiger partial charge in [0.05, 0.1) is 6.54 Å². The summed E-state index contributed by atoms with van der Waals surface area (Å²) in [7, 11) is 0. The first-order chi connectivity index (χ1) is 14.1. The van der Waals surface area contributed by atoms with Gasteiger partial charge in [0, 0.05) is 17.2 Å². The van der Waals surface area contributed by atoms with Gasteiger partial charge in [-0.1, -0.05) is 5.16 Å². The van der Waals surface area contributed by atoms with E-state index in [9.17, 15) is 13.6 Å². The van der Waals surface area contributed by atoms with Gasteiger partial charge in [0.1, 0.15) is 11.6 Å². The molecule has 0 atom stereocenters. The van der Waals surface area contributed by atoms with Gasteiger partial charge in [-0.15, -0.1) is 0 Å². The number of rotatable bonds is 5. The van der Waals surface area contributed by atoms with Crippen molar-refractivity contribution in [2.75, 3.05) is 25.0 Å². The molecule has 1 amide bonds. The summed E-state index contributed by atoms with van der Waals surface area (Å²) in [6, 6.07) is 11.7. The van der Waals surface area contributed by atoms with Crippen LogP contribution in [0.1, 0.15) is 24.7 Å². The van der Waals surface area contributed by atoms with Crippen LogP contribution >= 0.6 is 0 Å². The van der Waals surface area contributed by atoms with Crippen molar-refractivity contribution in [3.63, 3.8) is 0 Å². The molecule has 8 heteroatoms. The predicted molar refractivity (Wildman–Crippen MR) is 103 cm³/mol. The van der Waals surface area contributed by atoms with Gasteiger partial charge in [0.25, 0.3) is 0 Å². The van der Waals surface area contributed by atoms with Crippen LogP contribution in [0.25, 0.3) is 11.4 Å². The summed E-state index contributed by atoms with van der Waals surface area (Å²) in [5.74, 6) is 0.363. The Kier molecular flexibility index (Phi) is 5.62. The van der Waals surface area contributed by atoms with E-state index in [-0.39, 0.29) is 30.0 Å². The van der Waals surface area contributed by atoms with Gasteiger partial charge in [-0.3, -0.25) is 9.69 Å². The Balaban J connectivity index is 1.28. The lowest BCUT2D eigenvalue weighted by Gasteiger charge is -2.29. The number of benzene rings is 2. The lowest BCUT2D eigenvalue weighted by atomic mass is 9.97. The summed E-state index contributed by atoms with van der Waals surface area (Å²) < 4.78 is 31.4. The average molecular weight is 398 g/mol. The smallest absolute Gasteiger partial charge is 0.238 e. The van der Waals surface area contributed by atoms with Gasteiger partial charge >= 0.3 is 0 Å². The molecular weight excluding hydrogens is 378 g/mol. The number of halogens is 2. The van der Waals surface area contributed by atoms with E-state index in [4.69, 9.17) is 4.52 Å². The van der Waals surface area contributed by atoms with E-state index in [0.29, 0.717) is 23.0 Å². The number of piperidine rings is 1. The number of amides is 1. The quantitative estimate of drug-likeness (QED) is 0.707. The Morgan fingerprint density at radius 2 is 1.66 bits per heavy atom. The highest BCUT2D eigenvalue weighted by Crippen LogP contribution is 2.28. The number of nitrogens with one attached hydrogen (secondary N) is 1. The lowest BCUT2D eigenvalue weighted by Crippen LogP contribution is -2.38. The van der Waals surface area contributed by atoms with Crippen molar-refractivity contribution >= 4 is 11.6 Å². The molecule has 2 heterocycles. The van der Waals surface area contributed by atoms with Crippen molar-refractivity contribution in [1.82, 2.24) is 15.0 Å². The number of aromatic nitrogens is 2. The van der Waals surface area contributed by atoms with Crippen LogP contribution in [0.5, 0.6) is 0 Å². The van der Waals surface area contributed by atoms with Gasteiger partial charge in [-0.2, -0.15) is 4.98 Å². The van der Waals surface area contributed by atoms with Crippen molar-refractivity contribution in [2.45, 2.75) is 18.8 Å². The largest absolute Gasteiger partial charge is 0.339 e. The van der Waals surface area contributed by atoms with Crippen molar-refractivity contribution in [2.24, 2.45) is 0 Å². The van der Waals surface area contributed by atoms with E-state index in [1.807, 2.05) is 0 Å². The number of carbonyl (C=O) groups is 1. The fraction of sp³-hybridized carbons (Fsp3) is 0.286. The molecule has 1 fully saturated rings. The molecule has 1 saturated heterocycles. The van der Waals surface area contributed by atoms with Crippen LogP contribution in [0.2, 0.25) is 0 Å². The Morgan fingerprint density at radius 1 is 1.03 bits per heavy atom. The molecule has 0 bridgehead atoms. The first-order valence-electron chi connectivity index (χ1n) is 9.44. The summed E-state index contributed by atoms with van der Waals surface area (Å²) in [6.07, 6.45) is 1.60. The number of nitrogens with zero attached hydrogens (tertiary/aromatic N) is 3. The third-order valence-electron chi connectivity index (χ3n) is 4.98. The summed E-state index contributed by atoms with van der Waals surface area (Å²) in [5, 5.41) is 6.77. The van der Waals surface area contributed by atoms with E-state index in [1.54, 1.807) is 12.1 Å². The fourth-order valence-electron chi connectivity index (χ4n) is 3.39. The maximum Gasteiger partial charge on any atom is 0.238 e. The van der Waals surface area contributed by atoms with Crippen LogP contribution in [-0.4, -0.2) is 40.6 Å². The second kappa shape index (κ2) is 8.48. The maximum absolute atomic E-state index is 13.1. The van der Waals surface area contributed by atoms with Crippen molar-refractivity contribution in [3.8, 4) is 11.4 Å². The van der Waals surface area contributed by atoms with Gasteiger partial charge in [0.15, 0.2) is 0 Å². The minimum absolute atomic E-state index is 0.133. The Hall–Kier alpha value is -3.13. The first kappa shape index (κ1) is 19.2. The standard InChI is InChI=1S/C21H20F2N4O2/c22-16-3-1-14(2-4-16)20-25-21(29-26-20)15-9-11-27(12-10-15)13-19(28)24-18-7-5-17(23)6-8-18/h1-8,15H,9-13H2,(H,24,28). The van der Waals surface area contributed by atoms with Crippen LogP contribution in [-0.2, 0) is 4.79 Å². The molecular formula is C21H20F2N4O2. The minimum Gasteiger partial charge on any atom is -0.339 e. The summed E-state index contributed by atoms with van der Waals surface area (Å²) >= 11 is 0. The Morgan fingerprint density at radius 3 is 2.31 bits per heavy atom. The minimum atomic E-state index is -0.339. The summed E-state index contributed by atoms with van der Waals surface area (Å²) in [5.41, 5.74) is 1.28. The third-order valence-corrected chi connectivity index (χ3v) is 4.98. The van der Waals surface area contributed by atoms with Gasteiger partial charge in [-0.05, 0) is 74.5 Å². The Labute approximate surface area is 166 Å². The molecule has 1 aliphatic rings. The molecule has 0 spiro atoms. The molecule has 6 nitrogen and oxygen atoms in total. The topological polar surface area (TPSA) is 71.3 Å². The first-order valence-corrected chi connectivity index (χ1v) is 9.44. The molecule has 4 rings (SSSR count). The molecule has 0 aliphatic carbocycles. The lowest BCUT2D eigenvalue weighted by molar-refractivity contribution is -0.117.